The van der Waals surface area contributed by atoms with Crippen LogP contribution >= 0.6 is 7.82 Å². The SMILES string of the molecule is C=C(C)C#CCOP(=O)(O)Oc1ccccc1. The Kier molecular flexibility index (Phi) is 4.99. The van der Waals surface area contributed by atoms with Crippen molar-refractivity contribution >= 4 is 7.82 Å². The van der Waals surface area contributed by atoms with Crippen LogP contribution in [0.2, 0.25) is 0 Å². The highest BCUT2D eigenvalue weighted by Crippen LogP contribution is 2.43. The van der Waals surface area contributed by atoms with Crippen LogP contribution < -0.4 is 4.52 Å². The molecule has 0 heterocycles. The topological polar surface area (TPSA) is 55.8 Å². The maximum atomic E-state index is 11.4. The molecule has 1 aromatic carbocycles. The molecule has 1 N–H and O–H groups in total. The Bertz CT molecular complexity index is 484. The molecule has 0 fully saturated rings. The maximum Gasteiger partial charge on any atom is 0.528 e. The number of benzene rings is 1. The third-order valence-electron chi connectivity index (χ3n) is 1.57. The lowest BCUT2D eigenvalue weighted by atomic mass is 10.3. The quantitative estimate of drug-likeness (QED) is 0.661. The molecule has 1 atom stereocenters. The number of hydrogen-bond acceptors (Lipinski definition) is 3. The summed E-state index contributed by atoms with van der Waals surface area (Å²) in [5.41, 5.74) is 0.658. The van der Waals surface area contributed by atoms with Crippen molar-refractivity contribution in [2.24, 2.45) is 0 Å². The highest BCUT2D eigenvalue weighted by atomic mass is 31.2. The van der Waals surface area contributed by atoms with Gasteiger partial charge in [-0.1, -0.05) is 36.6 Å². The number of para-hydroxylation sites is 1. The van der Waals surface area contributed by atoms with Gasteiger partial charge in [-0.15, -0.1) is 0 Å². The molecule has 1 rings (SSSR count). The molecule has 1 unspecified atom stereocenters. The van der Waals surface area contributed by atoms with Crippen LogP contribution in [0.1, 0.15) is 6.92 Å². The average molecular weight is 252 g/mol. The number of rotatable bonds is 4. The Morgan fingerprint density at radius 1 is 1.47 bits per heavy atom. The minimum atomic E-state index is -4.11. The van der Waals surface area contributed by atoms with E-state index in [1.54, 1.807) is 37.3 Å². The fourth-order valence-electron chi connectivity index (χ4n) is 0.942. The summed E-state index contributed by atoms with van der Waals surface area (Å²) >= 11 is 0. The molecule has 0 amide bonds. The van der Waals surface area contributed by atoms with Gasteiger partial charge in [0.1, 0.15) is 12.4 Å². The van der Waals surface area contributed by atoms with Crippen molar-refractivity contribution in [3.05, 3.63) is 42.5 Å². The molecule has 0 saturated heterocycles. The molecule has 0 aliphatic rings. The number of phosphoric ester groups is 1. The van der Waals surface area contributed by atoms with Crippen LogP contribution in [0.3, 0.4) is 0 Å². The van der Waals surface area contributed by atoms with Gasteiger partial charge >= 0.3 is 7.82 Å². The van der Waals surface area contributed by atoms with Crippen LogP contribution in [-0.4, -0.2) is 11.5 Å². The predicted molar refractivity (Wildman–Crippen MR) is 65.4 cm³/mol. The van der Waals surface area contributed by atoms with Crippen LogP contribution in [0.25, 0.3) is 0 Å². The molecule has 0 aromatic heterocycles. The van der Waals surface area contributed by atoms with Crippen LogP contribution in [-0.2, 0) is 9.09 Å². The molecular weight excluding hydrogens is 239 g/mol. The van der Waals surface area contributed by atoms with Gasteiger partial charge in [0.15, 0.2) is 0 Å². The molecule has 4 nitrogen and oxygen atoms in total. The summed E-state index contributed by atoms with van der Waals surface area (Å²) in [6, 6.07) is 8.28. The summed E-state index contributed by atoms with van der Waals surface area (Å²) in [4.78, 5) is 9.35. The largest absolute Gasteiger partial charge is 0.528 e. The van der Waals surface area contributed by atoms with Crippen molar-refractivity contribution in [1.82, 2.24) is 0 Å². The lowest BCUT2D eigenvalue weighted by molar-refractivity contribution is 0.225. The molecule has 0 spiro atoms. The van der Waals surface area contributed by atoms with Gasteiger partial charge in [0.25, 0.3) is 0 Å². The maximum absolute atomic E-state index is 11.4. The van der Waals surface area contributed by atoms with Crippen LogP contribution in [0, 0.1) is 11.8 Å². The minimum absolute atomic E-state index is 0.187. The smallest absolute Gasteiger partial charge is 0.404 e. The standard InChI is InChI=1S/C12H13O4P/c1-11(2)7-6-10-15-17(13,14)16-12-8-4-3-5-9-12/h3-5,8-9H,1,10H2,2H3,(H,13,14). The van der Waals surface area contributed by atoms with E-state index in [0.29, 0.717) is 5.57 Å². The van der Waals surface area contributed by atoms with Gasteiger partial charge < -0.3 is 4.52 Å². The summed E-state index contributed by atoms with van der Waals surface area (Å²) in [7, 11) is -4.11. The van der Waals surface area contributed by atoms with Crippen molar-refractivity contribution in [2.45, 2.75) is 6.92 Å². The van der Waals surface area contributed by atoms with Crippen LogP contribution in [0.4, 0.5) is 0 Å². The summed E-state index contributed by atoms with van der Waals surface area (Å²) in [5.74, 6) is 5.44. The molecule has 5 heteroatoms. The highest BCUT2D eigenvalue weighted by Gasteiger charge is 2.21. The van der Waals surface area contributed by atoms with Crippen molar-refractivity contribution in [3.8, 4) is 17.6 Å². The molecule has 0 radical (unpaired) electrons. The minimum Gasteiger partial charge on any atom is -0.404 e. The number of phosphoric acid groups is 1. The highest BCUT2D eigenvalue weighted by molar-refractivity contribution is 7.47. The first kappa shape index (κ1) is 13.5. The lowest BCUT2D eigenvalue weighted by Crippen LogP contribution is -1.97. The van der Waals surface area contributed by atoms with Crippen molar-refractivity contribution in [1.29, 1.82) is 0 Å². The fraction of sp³-hybridized carbons (Fsp3) is 0.167. The first-order chi connectivity index (χ1) is 7.99. The molecular formula is C12H13O4P. The summed E-state index contributed by atoms with van der Waals surface area (Å²) in [6.07, 6.45) is 0. The number of allylic oxidation sites excluding steroid dienone is 1. The Balaban J connectivity index is 2.50. The van der Waals surface area contributed by atoms with Gasteiger partial charge in [0, 0.05) is 0 Å². The summed E-state index contributed by atoms with van der Waals surface area (Å²) in [5, 5.41) is 0. The van der Waals surface area contributed by atoms with E-state index in [0.717, 1.165) is 0 Å². The average Bonchev–Trinajstić information content (AvgIpc) is 2.25. The normalized spacial score (nSPS) is 13.1. The Morgan fingerprint density at radius 3 is 2.71 bits per heavy atom. The third kappa shape index (κ3) is 5.94. The number of hydrogen-bond donors (Lipinski definition) is 1. The molecule has 0 aliphatic carbocycles. The second-order valence-corrected chi connectivity index (χ2v) is 4.61. The second kappa shape index (κ2) is 6.27. The van der Waals surface area contributed by atoms with E-state index >= 15 is 0 Å². The fourth-order valence-corrected chi connectivity index (χ4v) is 1.61. The van der Waals surface area contributed by atoms with E-state index in [2.05, 4.69) is 22.9 Å². The molecule has 1 aromatic rings. The zero-order chi connectivity index (χ0) is 12.7. The van der Waals surface area contributed by atoms with Crippen LogP contribution in [0.5, 0.6) is 5.75 Å². The second-order valence-electron chi connectivity index (χ2n) is 3.23. The van der Waals surface area contributed by atoms with Crippen molar-refractivity contribution in [2.75, 3.05) is 6.61 Å². The van der Waals surface area contributed by atoms with Gasteiger partial charge in [-0.25, -0.2) is 4.57 Å². The van der Waals surface area contributed by atoms with Crippen LogP contribution in [0.15, 0.2) is 42.5 Å². The van der Waals surface area contributed by atoms with Gasteiger partial charge in [-0.05, 0) is 24.6 Å². The third-order valence-corrected chi connectivity index (χ3v) is 2.46. The van der Waals surface area contributed by atoms with E-state index < -0.39 is 7.82 Å². The Morgan fingerprint density at radius 2 is 2.12 bits per heavy atom. The first-order valence-corrected chi connectivity index (χ1v) is 6.35. The Labute approximate surface area is 101 Å². The van der Waals surface area contributed by atoms with E-state index in [1.165, 1.54) is 0 Å². The van der Waals surface area contributed by atoms with E-state index in [9.17, 15) is 9.46 Å². The molecule has 0 aliphatic heterocycles. The first-order valence-electron chi connectivity index (χ1n) is 4.86. The van der Waals surface area contributed by atoms with Gasteiger partial charge in [0.2, 0.25) is 0 Å². The van der Waals surface area contributed by atoms with Gasteiger partial charge in [0.05, 0.1) is 0 Å². The Hall–Kier alpha value is -1.53. The summed E-state index contributed by atoms with van der Waals surface area (Å²) in [6.45, 7) is 5.11. The van der Waals surface area contributed by atoms with Gasteiger partial charge in [-0.3, -0.25) is 9.42 Å². The summed E-state index contributed by atoms with van der Waals surface area (Å²) < 4.78 is 20.9. The van der Waals surface area contributed by atoms with Crippen molar-refractivity contribution < 1.29 is 18.5 Å². The molecule has 17 heavy (non-hydrogen) atoms. The molecule has 0 saturated carbocycles. The van der Waals surface area contributed by atoms with E-state index in [4.69, 9.17) is 4.52 Å². The van der Waals surface area contributed by atoms with Crippen molar-refractivity contribution in [3.63, 3.8) is 0 Å². The van der Waals surface area contributed by atoms with E-state index in [1.807, 2.05) is 0 Å². The van der Waals surface area contributed by atoms with Gasteiger partial charge in [-0.2, -0.15) is 0 Å². The predicted octanol–water partition coefficient (Wildman–Crippen LogP) is 2.76. The van der Waals surface area contributed by atoms with E-state index in [-0.39, 0.29) is 12.4 Å². The molecule has 0 bridgehead atoms. The lowest BCUT2D eigenvalue weighted by Gasteiger charge is -2.10. The monoisotopic (exact) mass is 252 g/mol. The molecule has 90 valence electrons. The zero-order valence-corrected chi connectivity index (χ0v) is 10.3. The zero-order valence-electron chi connectivity index (χ0n) is 9.42.